The quantitative estimate of drug-likeness (QED) is 0.847. The number of nitrogens with zero attached hydrogens (tertiary/aromatic N) is 3. The SMILES string of the molecule is Cc1oc2c(c1C(=O)N1CCO[C@@H](c3cnccn3)C1)CCCC2. The van der Waals surface area contributed by atoms with Crippen molar-refractivity contribution in [2.45, 2.75) is 38.7 Å². The van der Waals surface area contributed by atoms with Crippen LogP contribution in [0.15, 0.2) is 23.0 Å². The molecule has 0 spiro atoms. The van der Waals surface area contributed by atoms with E-state index in [1.807, 2.05) is 11.8 Å². The van der Waals surface area contributed by atoms with Crippen molar-refractivity contribution >= 4 is 5.91 Å². The van der Waals surface area contributed by atoms with Gasteiger partial charge in [-0.15, -0.1) is 0 Å². The molecular formula is C18H21N3O3. The van der Waals surface area contributed by atoms with Crippen LogP contribution in [0.1, 0.15) is 52.1 Å². The van der Waals surface area contributed by atoms with E-state index >= 15 is 0 Å². The Morgan fingerprint density at radius 3 is 3.00 bits per heavy atom. The maximum absolute atomic E-state index is 13.1. The molecule has 1 aliphatic carbocycles. The monoisotopic (exact) mass is 327 g/mol. The van der Waals surface area contributed by atoms with Gasteiger partial charge in [0, 0.05) is 30.9 Å². The number of carbonyl (C=O) groups excluding carboxylic acids is 1. The smallest absolute Gasteiger partial charge is 0.257 e. The standard InChI is InChI=1S/C18H21N3O3/c1-12-17(13-4-2-3-5-15(13)24-12)18(22)21-8-9-23-16(11-21)14-10-19-6-7-20-14/h6-7,10,16H,2-5,8-9,11H2,1H3/t16-/m1/s1. The van der Waals surface area contributed by atoms with Crippen molar-refractivity contribution in [2.75, 3.05) is 19.7 Å². The molecule has 1 amide bonds. The Bertz CT molecular complexity index is 741. The number of fused-ring (bicyclic) bond motifs is 1. The van der Waals surface area contributed by atoms with E-state index in [1.165, 1.54) is 0 Å². The molecule has 0 saturated carbocycles. The highest BCUT2D eigenvalue weighted by Gasteiger charge is 2.32. The summed E-state index contributed by atoms with van der Waals surface area (Å²) < 4.78 is 11.6. The predicted octanol–water partition coefficient (Wildman–Crippen LogP) is 2.47. The van der Waals surface area contributed by atoms with Crippen LogP contribution in [0, 0.1) is 6.92 Å². The van der Waals surface area contributed by atoms with E-state index in [0.717, 1.165) is 54.0 Å². The van der Waals surface area contributed by atoms with Crippen LogP contribution in [0.25, 0.3) is 0 Å². The molecule has 6 nitrogen and oxygen atoms in total. The number of morpholine rings is 1. The molecule has 1 atom stereocenters. The summed E-state index contributed by atoms with van der Waals surface area (Å²) in [5, 5.41) is 0. The van der Waals surface area contributed by atoms with Gasteiger partial charge in [-0.25, -0.2) is 0 Å². The van der Waals surface area contributed by atoms with Crippen LogP contribution in [0.2, 0.25) is 0 Å². The van der Waals surface area contributed by atoms with E-state index in [0.29, 0.717) is 19.7 Å². The Balaban J connectivity index is 1.57. The molecule has 24 heavy (non-hydrogen) atoms. The van der Waals surface area contributed by atoms with Crippen molar-refractivity contribution in [3.63, 3.8) is 0 Å². The number of amides is 1. The summed E-state index contributed by atoms with van der Waals surface area (Å²) >= 11 is 0. The van der Waals surface area contributed by atoms with E-state index in [1.54, 1.807) is 18.6 Å². The first-order chi connectivity index (χ1) is 11.7. The van der Waals surface area contributed by atoms with Gasteiger partial charge in [0.1, 0.15) is 17.6 Å². The van der Waals surface area contributed by atoms with E-state index in [2.05, 4.69) is 9.97 Å². The third-order valence-corrected chi connectivity index (χ3v) is 4.83. The van der Waals surface area contributed by atoms with E-state index < -0.39 is 0 Å². The Labute approximate surface area is 140 Å². The third kappa shape index (κ3) is 2.71. The minimum absolute atomic E-state index is 0.0524. The zero-order chi connectivity index (χ0) is 16.5. The van der Waals surface area contributed by atoms with Gasteiger partial charge in [-0.2, -0.15) is 0 Å². The first-order valence-electron chi connectivity index (χ1n) is 8.52. The van der Waals surface area contributed by atoms with Crippen LogP contribution in [-0.2, 0) is 17.6 Å². The van der Waals surface area contributed by atoms with Gasteiger partial charge in [0.25, 0.3) is 5.91 Å². The molecule has 1 aliphatic heterocycles. The second-order valence-electron chi connectivity index (χ2n) is 6.38. The summed E-state index contributed by atoms with van der Waals surface area (Å²) in [6, 6.07) is 0. The molecule has 6 heteroatoms. The molecule has 2 aliphatic rings. The second-order valence-corrected chi connectivity index (χ2v) is 6.38. The first-order valence-corrected chi connectivity index (χ1v) is 8.52. The summed E-state index contributed by atoms with van der Waals surface area (Å²) in [5.74, 6) is 1.80. The van der Waals surface area contributed by atoms with Gasteiger partial charge in [0.2, 0.25) is 0 Å². The molecular weight excluding hydrogens is 306 g/mol. The molecule has 2 aromatic rings. The molecule has 3 heterocycles. The molecule has 0 aromatic carbocycles. The largest absolute Gasteiger partial charge is 0.465 e. The van der Waals surface area contributed by atoms with E-state index in [9.17, 15) is 4.79 Å². The van der Waals surface area contributed by atoms with Crippen LogP contribution in [0.3, 0.4) is 0 Å². The number of aryl methyl sites for hydroxylation is 2. The van der Waals surface area contributed by atoms with Crippen molar-refractivity contribution in [2.24, 2.45) is 0 Å². The molecule has 4 rings (SSSR count). The zero-order valence-corrected chi connectivity index (χ0v) is 13.8. The number of hydrogen-bond acceptors (Lipinski definition) is 5. The average Bonchev–Trinajstić information content (AvgIpc) is 2.97. The van der Waals surface area contributed by atoms with E-state index in [-0.39, 0.29) is 12.0 Å². The van der Waals surface area contributed by atoms with E-state index in [4.69, 9.17) is 9.15 Å². The third-order valence-electron chi connectivity index (χ3n) is 4.83. The van der Waals surface area contributed by atoms with Crippen LogP contribution < -0.4 is 0 Å². The molecule has 126 valence electrons. The first kappa shape index (κ1) is 15.3. The number of rotatable bonds is 2. The average molecular weight is 327 g/mol. The van der Waals surface area contributed by atoms with Crippen molar-refractivity contribution in [1.29, 1.82) is 0 Å². The molecule has 1 fully saturated rings. The van der Waals surface area contributed by atoms with Gasteiger partial charge >= 0.3 is 0 Å². The normalized spacial score (nSPS) is 20.7. The summed E-state index contributed by atoms with van der Waals surface area (Å²) in [6.07, 6.45) is 8.90. The van der Waals surface area contributed by atoms with Crippen LogP contribution in [0.4, 0.5) is 0 Å². The Hall–Kier alpha value is -2.21. The van der Waals surface area contributed by atoms with Crippen LogP contribution >= 0.6 is 0 Å². The molecule has 0 radical (unpaired) electrons. The number of furan rings is 1. The summed E-state index contributed by atoms with van der Waals surface area (Å²) in [7, 11) is 0. The molecule has 0 bridgehead atoms. The highest BCUT2D eigenvalue weighted by atomic mass is 16.5. The topological polar surface area (TPSA) is 68.5 Å². The van der Waals surface area contributed by atoms with Gasteiger partial charge < -0.3 is 14.1 Å². The van der Waals surface area contributed by atoms with Crippen molar-refractivity contribution in [3.05, 3.63) is 46.9 Å². The number of ether oxygens (including phenoxy) is 1. The minimum Gasteiger partial charge on any atom is -0.465 e. The van der Waals surface area contributed by atoms with Gasteiger partial charge in [0.05, 0.1) is 30.6 Å². The van der Waals surface area contributed by atoms with Gasteiger partial charge in [-0.3, -0.25) is 14.8 Å². The highest BCUT2D eigenvalue weighted by molar-refractivity contribution is 5.97. The number of aromatic nitrogens is 2. The number of carbonyl (C=O) groups is 1. The van der Waals surface area contributed by atoms with Gasteiger partial charge in [-0.1, -0.05) is 0 Å². The van der Waals surface area contributed by atoms with Gasteiger partial charge in [-0.05, 0) is 26.2 Å². The summed E-state index contributed by atoms with van der Waals surface area (Å²) in [4.78, 5) is 23.4. The Kier molecular flexibility index (Phi) is 4.06. The molecule has 0 N–H and O–H groups in total. The van der Waals surface area contributed by atoms with Crippen molar-refractivity contribution in [3.8, 4) is 0 Å². The summed E-state index contributed by atoms with van der Waals surface area (Å²) in [6.45, 7) is 3.49. The molecule has 0 unspecified atom stereocenters. The maximum atomic E-state index is 13.1. The molecule has 2 aromatic heterocycles. The Morgan fingerprint density at radius 1 is 1.29 bits per heavy atom. The fourth-order valence-corrected chi connectivity index (χ4v) is 3.63. The predicted molar refractivity (Wildman–Crippen MR) is 86.7 cm³/mol. The fourth-order valence-electron chi connectivity index (χ4n) is 3.63. The summed E-state index contributed by atoms with van der Waals surface area (Å²) in [5.41, 5.74) is 2.65. The minimum atomic E-state index is -0.223. The van der Waals surface area contributed by atoms with Crippen molar-refractivity contribution < 1.29 is 13.9 Å². The van der Waals surface area contributed by atoms with Crippen LogP contribution in [0.5, 0.6) is 0 Å². The Morgan fingerprint density at radius 2 is 2.17 bits per heavy atom. The van der Waals surface area contributed by atoms with Gasteiger partial charge in [0.15, 0.2) is 0 Å². The highest BCUT2D eigenvalue weighted by Crippen LogP contribution is 2.31. The second kappa shape index (κ2) is 6.36. The lowest BCUT2D eigenvalue weighted by molar-refractivity contribution is -0.0249. The molecule has 1 saturated heterocycles. The lowest BCUT2D eigenvalue weighted by Crippen LogP contribution is -2.42. The fraction of sp³-hybridized carbons (Fsp3) is 0.500. The number of hydrogen-bond donors (Lipinski definition) is 0. The lowest BCUT2D eigenvalue weighted by Gasteiger charge is -2.32. The maximum Gasteiger partial charge on any atom is 0.257 e. The van der Waals surface area contributed by atoms with Crippen molar-refractivity contribution in [1.82, 2.24) is 14.9 Å². The zero-order valence-electron chi connectivity index (χ0n) is 13.8. The lowest BCUT2D eigenvalue weighted by atomic mass is 9.94. The van der Waals surface area contributed by atoms with Crippen LogP contribution in [-0.4, -0.2) is 40.5 Å².